The van der Waals surface area contributed by atoms with E-state index in [1.165, 1.54) is 0 Å². The molecule has 7 nitrogen and oxygen atoms in total. The van der Waals surface area contributed by atoms with E-state index < -0.39 is 0 Å². The number of aromatic nitrogens is 3. The molecular weight excluding hydrogens is 280 g/mol. The molecule has 0 aromatic carbocycles. The molecule has 3 rings (SSSR count). The summed E-state index contributed by atoms with van der Waals surface area (Å²) in [6, 6.07) is 3.88. The quantitative estimate of drug-likeness (QED) is 0.617. The molecule has 3 heterocycles. The largest absolute Gasteiger partial charge is 0.469 e. The lowest BCUT2D eigenvalue weighted by molar-refractivity contribution is 0.506. The van der Waals surface area contributed by atoms with Crippen LogP contribution in [0.15, 0.2) is 27.8 Å². The molecular formula is C15H22N6O. The highest BCUT2D eigenvalue weighted by Crippen LogP contribution is 2.14. The average molecular weight is 302 g/mol. The molecule has 0 spiro atoms. The fraction of sp³-hybridized carbons (Fsp3) is 0.533. The fourth-order valence-corrected chi connectivity index (χ4v) is 2.58. The van der Waals surface area contributed by atoms with E-state index in [9.17, 15) is 0 Å². The first-order valence-corrected chi connectivity index (χ1v) is 7.82. The maximum atomic E-state index is 5.32. The molecule has 0 unspecified atom stereocenters. The van der Waals surface area contributed by atoms with Gasteiger partial charge in [0.2, 0.25) is 0 Å². The molecule has 0 saturated heterocycles. The molecule has 118 valence electrons. The van der Waals surface area contributed by atoms with Crippen molar-refractivity contribution in [2.24, 2.45) is 4.99 Å². The molecule has 0 aliphatic carbocycles. The molecule has 0 amide bonds. The van der Waals surface area contributed by atoms with Crippen LogP contribution in [0.4, 0.5) is 0 Å². The van der Waals surface area contributed by atoms with Gasteiger partial charge in [-0.15, -0.1) is 10.2 Å². The van der Waals surface area contributed by atoms with E-state index in [2.05, 4.69) is 37.3 Å². The highest BCUT2D eigenvalue weighted by molar-refractivity contribution is 5.79. The minimum absolute atomic E-state index is 0.545. The molecule has 0 atom stereocenters. The Balaban J connectivity index is 1.55. The van der Waals surface area contributed by atoms with E-state index in [0.29, 0.717) is 6.54 Å². The van der Waals surface area contributed by atoms with Gasteiger partial charge in [-0.05, 0) is 25.5 Å². The number of guanidine groups is 1. The van der Waals surface area contributed by atoms with Crippen LogP contribution in [0.3, 0.4) is 0 Å². The lowest BCUT2D eigenvalue weighted by Gasteiger charge is -2.10. The SMILES string of the molecule is CCNC(=NCc1nnc2n1CCC2)NCCc1ccco1. The molecule has 2 aromatic rings. The summed E-state index contributed by atoms with van der Waals surface area (Å²) < 4.78 is 7.50. The van der Waals surface area contributed by atoms with Crippen molar-refractivity contribution in [1.29, 1.82) is 0 Å². The Bertz CT molecular complexity index is 616. The van der Waals surface area contributed by atoms with Gasteiger partial charge in [-0.3, -0.25) is 0 Å². The molecule has 0 bridgehead atoms. The number of rotatable bonds is 6. The minimum atomic E-state index is 0.545. The Morgan fingerprint density at radius 2 is 2.36 bits per heavy atom. The number of furan rings is 1. The normalized spacial score (nSPS) is 14.1. The smallest absolute Gasteiger partial charge is 0.191 e. The summed E-state index contributed by atoms with van der Waals surface area (Å²) in [6.45, 7) is 5.21. The maximum absolute atomic E-state index is 5.32. The van der Waals surface area contributed by atoms with Crippen molar-refractivity contribution in [3.05, 3.63) is 35.8 Å². The van der Waals surface area contributed by atoms with Crippen LogP contribution in [-0.2, 0) is 25.9 Å². The third-order valence-electron chi connectivity index (χ3n) is 3.65. The van der Waals surface area contributed by atoms with Crippen molar-refractivity contribution < 1.29 is 4.42 Å². The van der Waals surface area contributed by atoms with Crippen LogP contribution in [-0.4, -0.2) is 33.8 Å². The van der Waals surface area contributed by atoms with Gasteiger partial charge in [-0.25, -0.2) is 4.99 Å². The van der Waals surface area contributed by atoms with Gasteiger partial charge in [0.1, 0.15) is 18.1 Å². The molecule has 7 heteroatoms. The molecule has 1 aliphatic rings. The molecule has 22 heavy (non-hydrogen) atoms. The van der Waals surface area contributed by atoms with E-state index in [1.807, 2.05) is 12.1 Å². The molecule has 0 radical (unpaired) electrons. The summed E-state index contributed by atoms with van der Waals surface area (Å²) >= 11 is 0. The number of hydrogen-bond acceptors (Lipinski definition) is 4. The predicted octanol–water partition coefficient (Wildman–Crippen LogP) is 1.12. The van der Waals surface area contributed by atoms with Gasteiger partial charge in [0.25, 0.3) is 0 Å². The van der Waals surface area contributed by atoms with Gasteiger partial charge < -0.3 is 19.6 Å². The van der Waals surface area contributed by atoms with Crippen molar-refractivity contribution in [2.75, 3.05) is 13.1 Å². The van der Waals surface area contributed by atoms with Gasteiger partial charge >= 0.3 is 0 Å². The lowest BCUT2D eigenvalue weighted by Crippen LogP contribution is -2.38. The van der Waals surface area contributed by atoms with Gasteiger partial charge in [0.05, 0.1) is 6.26 Å². The molecule has 1 aliphatic heterocycles. The monoisotopic (exact) mass is 302 g/mol. The fourth-order valence-electron chi connectivity index (χ4n) is 2.58. The van der Waals surface area contributed by atoms with Gasteiger partial charge in [-0.1, -0.05) is 0 Å². The molecule has 0 fully saturated rings. The highest BCUT2D eigenvalue weighted by atomic mass is 16.3. The molecule has 2 aromatic heterocycles. The number of aliphatic imine (C=N–C) groups is 1. The zero-order chi connectivity index (χ0) is 15.2. The van der Waals surface area contributed by atoms with Crippen molar-refractivity contribution in [2.45, 2.75) is 39.3 Å². The first-order chi connectivity index (χ1) is 10.9. The summed E-state index contributed by atoms with van der Waals surface area (Å²) in [7, 11) is 0. The van der Waals surface area contributed by atoms with Gasteiger partial charge in [-0.2, -0.15) is 0 Å². The summed E-state index contributed by atoms with van der Waals surface area (Å²) in [5.74, 6) is 3.79. The van der Waals surface area contributed by atoms with Crippen LogP contribution >= 0.6 is 0 Å². The van der Waals surface area contributed by atoms with Crippen molar-refractivity contribution >= 4 is 5.96 Å². The molecule has 2 N–H and O–H groups in total. The standard InChI is InChI=1S/C15H22N6O/c1-2-16-15(17-8-7-12-5-4-10-22-12)18-11-14-20-19-13-6-3-9-21(13)14/h4-5,10H,2-3,6-9,11H2,1H3,(H2,16,17,18). The number of nitrogens with zero attached hydrogens (tertiary/aromatic N) is 4. The van der Waals surface area contributed by atoms with E-state index >= 15 is 0 Å². The zero-order valence-corrected chi connectivity index (χ0v) is 12.9. The third kappa shape index (κ3) is 3.47. The van der Waals surface area contributed by atoms with Crippen LogP contribution in [0.25, 0.3) is 0 Å². The first-order valence-electron chi connectivity index (χ1n) is 7.82. The van der Waals surface area contributed by atoms with E-state index in [-0.39, 0.29) is 0 Å². The highest BCUT2D eigenvalue weighted by Gasteiger charge is 2.16. The second-order valence-electron chi connectivity index (χ2n) is 5.24. The Hall–Kier alpha value is -2.31. The van der Waals surface area contributed by atoms with Crippen molar-refractivity contribution in [3.8, 4) is 0 Å². The maximum Gasteiger partial charge on any atom is 0.191 e. The van der Waals surface area contributed by atoms with Crippen molar-refractivity contribution in [1.82, 2.24) is 25.4 Å². The van der Waals surface area contributed by atoms with Crippen LogP contribution in [0.1, 0.15) is 30.8 Å². The second-order valence-corrected chi connectivity index (χ2v) is 5.24. The Labute approximate surface area is 129 Å². The van der Waals surface area contributed by atoms with Gasteiger partial charge in [0, 0.05) is 32.5 Å². The zero-order valence-electron chi connectivity index (χ0n) is 12.9. The topological polar surface area (TPSA) is 80.3 Å². The Morgan fingerprint density at radius 1 is 1.41 bits per heavy atom. The van der Waals surface area contributed by atoms with Crippen LogP contribution in [0, 0.1) is 0 Å². The average Bonchev–Trinajstić information content (AvgIpc) is 3.23. The number of fused-ring (bicyclic) bond motifs is 1. The van der Waals surface area contributed by atoms with Crippen LogP contribution in [0.2, 0.25) is 0 Å². The Kier molecular flexibility index (Phi) is 4.72. The van der Waals surface area contributed by atoms with Crippen molar-refractivity contribution in [3.63, 3.8) is 0 Å². The van der Waals surface area contributed by atoms with Crippen LogP contribution < -0.4 is 10.6 Å². The van der Waals surface area contributed by atoms with Gasteiger partial charge in [0.15, 0.2) is 11.8 Å². The molecule has 0 saturated carbocycles. The summed E-state index contributed by atoms with van der Waals surface area (Å²) in [5, 5.41) is 15.0. The summed E-state index contributed by atoms with van der Waals surface area (Å²) in [5.41, 5.74) is 0. The third-order valence-corrected chi connectivity index (χ3v) is 3.65. The van der Waals surface area contributed by atoms with Crippen LogP contribution in [0.5, 0.6) is 0 Å². The summed E-state index contributed by atoms with van der Waals surface area (Å²) in [4.78, 5) is 4.59. The van der Waals surface area contributed by atoms with E-state index in [4.69, 9.17) is 4.42 Å². The van der Waals surface area contributed by atoms with E-state index in [1.54, 1.807) is 6.26 Å². The van der Waals surface area contributed by atoms with E-state index in [0.717, 1.165) is 62.3 Å². The lowest BCUT2D eigenvalue weighted by atomic mass is 10.3. The number of hydrogen-bond donors (Lipinski definition) is 2. The predicted molar refractivity (Wildman–Crippen MR) is 83.6 cm³/mol. The first kappa shape index (κ1) is 14.6. The second kappa shape index (κ2) is 7.11. The minimum Gasteiger partial charge on any atom is -0.469 e. The number of nitrogens with one attached hydrogen (secondary N) is 2. The Morgan fingerprint density at radius 3 is 3.18 bits per heavy atom. The summed E-state index contributed by atoms with van der Waals surface area (Å²) in [6.07, 6.45) is 4.71. The number of aryl methyl sites for hydroxylation is 1.